The van der Waals surface area contributed by atoms with Crippen molar-refractivity contribution >= 4 is 17.4 Å². The molecule has 2 rings (SSSR count). The molecule has 1 aliphatic carbocycles. The number of carbonyl (C=O) groups excluding carboxylic acids is 1. The number of allylic oxidation sites excluding steroid dienone is 2. The molecule has 1 aromatic rings. The molecule has 0 fully saturated rings. The SMILES string of the molecule is Cc1csc([C@H](C)NC(=O)NC[C@@H]2CC=CCC2)n1. The number of nitrogens with zero attached hydrogens (tertiary/aromatic N) is 1. The van der Waals surface area contributed by atoms with Gasteiger partial charge in [-0.2, -0.15) is 0 Å². The van der Waals surface area contributed by atoms with Crippen LogP contribution in [-0.4, -0.2) is 17.6 Å². The second kappa shape index (κ2) is 6.70. The fourth-order valence-electron chi connectivity index (χ4n) is 2.16. The van der Waals surface area contributed by atoms with Crippen LogP contribution >= 0.6 is 11.3 Å². The van der Waals surface area contributed by atoms with E-state index in [1.54, 1.807) is 11.3 Å². The number of rotatable bonds is 4. The number of aromatic nitrogens is 1. The lowest BCUT2D eigenvalue weighted by Gasteiger charge is -2.19. The minimum absolute atomic E-state index is 0.0371. The van der Waals surface area contributed by atoms with Crippen LogP contribution in [0.3, 0.4) is 0 Å². The summed E-state index contributed by atoms with van der Waals surface area (Å²) >= 11 is 1.58. The van der Waals surface area contributed by atoms with Crippen molar-refractivity contribution in [1.29, 1.82) is 0 Å². The summed E-state index contributed by atoms with van der Waals surface area (Å²) in [5, 5.41) is 8.83. The van der Waals surface area contributed by atoms with Crippen molar-refractivity contribution in [2.45, 2.75) is 39.2 Å². The molecule has 104 valence electrons. The monoisotopic (exact) mass is 279 g/mol. The van der Waals surface area contributed by atoms with Crippen molar-refractivity contribution in [2.75, 3.05) is 6.54 Å². The number of hydrogen-bond acceptors (Lipinski definition) is 3. The average molecular weight is 279 g/mol. The first-order chi connectivity index (χ1) is 9.15. The molecule has 1 aromatic heterocycles. The van der Waals surface area contributed by atoms with Crippen molar-refractivity contribution in [2.24, 2.45) is 5.92 Å². The van der Waals surface area contributed by atoms with Crippen molar-refractivity contribution in [3.63, 3.8) is 0 Å². The Kier molecular flexibility index (Phi) is 4.96. The number of nitrogens with one attached hydrogen (secondary N) is 2. The van der Waals surface area contributed by atoms with Crippen molar-refractivity contribution in [3.05, 3.63) is 28.2 Å². The standard InChI is InChI=1S/C14H21N3OS/c1-10-9-19-13(16-10)11(2)17-14(18)15-8-12-6-4-3-5-7-12/h3-4,9,11-12H,5-8H2,1-2H3,(H2,15,17,18)/t11-,12+/m0/s1. The van der Waals surface area contributed by atoms with Gasteiger partial charge in [0.25, 0.3) is 0 Å². The van der Waals surface area contributed by atoms with E-state index in [0.29, 0.717) is 5.92 Å². The van der Waals surface area contributed by atoms with Gasteiger partial charge in [-0.1, -0.05) is 12.2 Å². The molecule has 0 radical (unpaired) electrons. The maximum absolute atomic E-state index is 11.8. The fourth-order valence-corrected chi connectivity index (χ4v) is 2.96. The van der Waals surface area contributed by atoms with E-state index < -0.39 is 0 Å². The third-order valence-electron chi connectivity index (χ3n) is 3.28. The normalized spacial score (nSPS) is 20.0. The summed E-state index contributed by atoms with van der Waals surface area (Å²) < 4.78 is 0. The average Bonchev–Trinajstić information content (AvgIpc) is 2.84. The molecular formula is C14H21N3OS. The molecule has 1 aliphatic rings. The van der Waals surface area contributed by atoms with Gasteiger partial charge in [0, 0.05) is 17.6 Å². The van der Waals surface area contributed by atoms with Gasteiger partial charge in [-0.25, -0.2) is 9.78 Å². The lowest BCUT2D eigenvalue weighted by molar-refractivity contribution is 0.235. The van der Waals surface area contributed by atoms with Crippen LogP contribution < -0.4 is 10.6 Å². The molecular weight excluding hydrogens is 258 g/mol. The minimum atomic E-state index is -0.102. The number of hydrogen-bond donors (Lipinski definition) is 2. The smallest absolute Gasteiger partial charge is 0.315 e. The van der Waals surface area contributed by atoms with Crippen molar-refractivity contribution < 1.29 is 4.79 Å². The zero-order valence-electron chi connectivity index (χ0n) is 11.5. The van der Waals surface area contributed by atoms with E-state index in [-0.39, 0.29) is 12.1 Å². The molecule has 4 nitrogen and oxygen atoms in total. The highest BCUT2D eigenvalue weighted by Crippen LogP contribution is 2.18. The molecule has 5 heteroatoms. The Labute approximate surface area is 118 Å². The van der Waals surface area contributed by atoms with E-state index in [4.69, 9.17) is 0 Å². The summed E-state index contributed by atoms with van der Waals surface area (Å²) in [6.07, 6.45) is 7.78. The highest BCUT2D eigenvalue weighted by molar-refractivity contribution is 7.09. The van der Waals surface area contributed by atoms with Crippen LogP contribution in [0.4, 0.5) is 4.79 Å². The van der Waals surface area contributed by atoms with E-state index in [2.05, 4.69) is 27.8 Å². The number of urea groups is 1. The van der Waals surface area contributed by atoms with Crippen molar-refractivity contribution in [3.8, 4) is 0 Å². The Balaban J connectivity index is 1.73. The van der Waals surface area contributed by atoms with Crippen LogP contribution in [0.1, 0.15) is 42.9 Å². The van der Waals surface area contributed by atoms with Gasteiger partial charge in [-0.05, 0) is 39.0 Å². The van der Waals surface area contributed by atoms with E-state index in [1.807, 2.05) is 19.2 Å². The van der Waals surface area contributed by atoms with E-state index in [1.165, 1.54) is 0 Å². The van der Waals surface area contributed by atoms with E-state index >= 15 is 0 Å². The lowest BCUT2D eigenvalue weighted by atomic mass is 9.94. The van der Waals surface area contributed by atoms with Crippen LogP contribution in [0.2, 0.25) is 0 Å². The van der Waals surface area contributed by atoms with Gasteiger partial charge in [-0.3, -0.25) is 0 Å². The third kappa shape index (κ3) is 4.35. The summed E-state index contributed by atoms with van der Waals surface area (Å²) in [5.41, 5.74) is 1.00. The maximum Gasteiger partial charge on any atom is 0.315 e. The topological polar surface area (TPSA) is 54.0 Å². The Hall–Kier alpha value is -1.36. The molecule has 0 bridgehead atoms. The van der Waals surface area contributed by atoms with Gasteiger partial charge in [0.1, 0.15) is 5.01 Å². The Bertz CT molecular complexity index is 455. The predicted molar refractivity (Wildman–Crippen MR) is 78.3 cm³/mol. The molecule has 0 unspecified atom stereocenters. The van der Waals surface area contributed by atoms with Gasteiger partial charge >= 0.3 is 6.03 Å². The highest BCUT2D eigenvalue weighted by Gasteiger charge is 2.14. The van der Waals surface area contributed by atoms with Crippen molar-refractivity contribution in [1.82, 2.24) is 15.6 Å². The zero-order valence-corrected chi connectivity index (χ0v) is 12.3. The number of aryl methyl sites for hydroxylation is 1. The van der Waals surface area contributed by atoms with Gasteiger partial charge in [-0.15, -0.1) is 11.3 Å². The summed E-state index contributed by atoms with van der Waals surface area (Å²) in [6, 6.07) is -0.139. The Morgan fingerprint density at radius 3 is 3.05 bits per heavy atom. The minimum Gasteiger partial charge on any atom is -0.338 e. The fraction of sp³-hybridized carbons (Fsp3) is 0.571. The van der Waals surface area contributed by atoms with E-state index in [9.17, 15) is 4.79 Å². The van der Waals surface area contributed by atoms with Crippen LogP contribution in [0.25, 0.3) is 0 Å². The van der Waals surface area contributed by atoms with Crippen LogP contribution in [0.15, 0.2) is 17.5 Å². The van der Waals surface area contributed by atoms with Gasteiger partial charge < -0.3 is 10.6 Å². The van der Waals surface area contributed by atoms with E-state index in [0.717, 1.165) is 36.5 Å². The number of thiazole rings is 1. The first-order valence-electron chi connectivity index (χ1n) is 6.76. The Morgan fingerprint density at radius 2 is 2.42 bits per heavy atom. The number of carbonyl (C=O) groups is 1. The molecule has 0 spiro atoms. The molecule has 0 aromatic carbocycles. The molecule has 0 saturated heterocycles. The van der Waals surface area contributed by atoms with Gasteiger partial charge in [0.2, 0.25) is 0 Å². The first-order valence-corrected chi connectivity index (χ1v) is 7.64. The molecule has 2 N–H and O–H groups in total. The summed E-state index contributed by atoms with van der Waals surface area (Å²) in [5.74, 6) is 0.577. The summed E-state index contributed by atoms with van der Waals surface area (Å²) in [6.45, 7) is 4.67. The molecule has 0 saturated carbocycles. The van der Waals surface area contributed by atoms with Crippen LogP contribution in [0, 0.1) is 12.8 Å². The Morgan fingerprint density at radius 1 is 1.58 bits per heavy atom. The van der Waals surface area contributed by atoms with Gasteiger partial charge in [0.15, 0.2) is 0 Å². The van der Waals surface area contributed by atoms with Gasteiger partial charge in [0.05, 0.1) is 6.04 Å². The second-order valence-electron chi connectivity index (χ2n) is 5.05. The quantitative estimate of drug-likeness (QED) is 0.832. The summed E-state index contributed by atoms with van der Waals surface area (Å²) in [4.78, 5) is 16.2. The molecule has 19 heavy (non-hydrogen) atoms. The summed E-state index contributed by atoms with van der Waals surface area (Å²) in [7, 11) is 0. The molecule has 1 heterocycles. The van der Waals surface area contributed by atoms with Crippen LogP contribution in [0.5, 0.6) is 0 Å². The maximum atomic E-state index is 11.8. The lowest BCUT2D eigenvalue weighted by Crippen LogP contribution is -2.39. The molecule has 2 amide bonds. The molecule has 0 aliphatic heterocycles. The molecule has 2 atom stereocenters. The highest BCUT2D eigenvalue weighted by atomic mass is 32.1. The largest absolute Gasteiger partial charge is 0.338 e. The number of amides is 2. The van der Waals surface area contributed by atoms with Crippen LogP contribution in [-0.2, 0) is 0 Å². The zero-order chi connectivity index (χ0) is 13.7. The predicted octanol–water partition coefficient (Wildman–Crippen LogP) is 3.17. The first kappa shape index (κ1) is 14.1. The second-order valence-corrected chi connectivity index (χ2v) is 5.94. The third-order valence-corrected chi connectivity index (χ3v) is 4.43.